The predicted octanol–water partition coefficient (Wildman–Crippen LogP) is 2.32. The zero-order valence-electron chi connectivity index (χ0n) is 11.2. The lowest BCUT2D eigenvalue weighted by molar-refractivity contribution is 0.0529. The van der Waals surface area contributed by atoms with Gasteiger partial charge in [0.1, 0.15) is 5.82 Å². The molecule has 0 amide bonds. The van der Waals surface area contributed by atoms with Gasteiger partial charge in [-0.05, 0) is 41.8 Å². The lowest BCUT2D eigenvalue weighted by Gasteiger charge is -2.33. The van der Waals surface area contributed by atoms with E-state index < -0.39 is 0 Å². The van der Waals surface area contributed by atoms with Gasteiger partial charge in [-0.2, -0.15) is 0 Å². The van der Waals surface area contributed by atoms with Crippen molar-refractivity contribution in [1.29, 1.82) is 0 Å². The van der Waals surface area contributed by atoms with Gasteiger partial charge in [0, 0.05) is 41.9 Å². The molecule has 1 aromatic heterocycles. The topological polar surface area (TPSA) is 37.4 Å². The van der Waals surface area contributed by atoms with Crippen LogP contribution >= 0.6 is 15.9 Å². The molecule has 1 aromatic rings. The Bertz CT molecular complexity index is 450. The van der Waals surface area contributed by atoms with E-state index in [4.69, 9.17) is 4.74 Å². The van der Waals surface area contributed by atoms with Gasteiger partial charge in [-0.15, -0.1) is 0 Å². The molecule has 0 bridgehead atoms. The second kappa shape index (κ2) is 5.77. The monoisotopic (exact) mass is 325 g/mol. The number of anilines is 1. The number of nitrogens with zero attached hydrogens (tertiary/aromatic N) is 2. The van der Waals surface area contributed by atoms with Gasteiger partial charge in [0.15, 0.2) is 0 Å². The van der Waals surface area contributed by atoms with Crippen LogP contribution in [0.4, 0.5) is 5.82 Å². The molecule has 1 N–H and O–H groups in total. The number of hydrogen-bond acceptors (Lipinski definition) is 4. The number of ether oxygens (including phenoxy) is 1. The van der Waals surface area contributed by atoms with Crippen molar-refractivity contribution in [3.05, 3.63) is 22.3 Å². The molecule has 2 aliphatic rings. The van der Waals surface area contributed by atoms with Crippen molar-refractivity contribution < 1.29 is 4.74 Å². The molecule has 4 nitrogen and oxygen atoms in total. The lowest BCUT2D eigenvalue weighted by Crippen LogP contribution is -2.42. The fraction of sp³-hybridized carbons (Fsp3) is 0.643. The van der Waals surface area contributed by atoms with E-state index in [0.717, 1.165) is 42.6 Å². The average Bonchev–Trinajstić information content (AvgIpc) is 3.20. The van der Waals surface area contributed by atoms with Crippen LogP contribution in [0.15, 0.2) is 16.7 Å². The minimum absolute atomic E-state index is 0.281. The molecule has 3 rings (SSSR count). The van der Waals surface area contributed by atoms with Crippen molar-refractivity contribution in [2.75, 3.05) is 24.6 Å². The predicted molar refractivity (Wildman–Crippen MR) is 79.4 cm³/mol. The van der Waals surface area contributed by atoms with Gasteiger partial charge in [0.05, 0.1) is 12.7 Å². The van der Waals surface area contributed by atoms with Gasteiger partial charge >= 0.3 is 0 Å². The molecule has 1 saturated heterocycles. The molecule has 1 saturated carbocycles. The number of aromatic nitrogens is 1. The molecule has 2 fully saturated rings. The highest BCUT2D eigenvalue weighted by molar-refractivity contribution is 9.10. The summed E-state index contributed by atoms with van der Waals surface area (Å²) in [6.07, 6.45) is 4.79. The summed E-state index contributed by atoms with van der Waals surface area (Å²) in [5.41, 5.74) is 1.27. The van der Waals surface area contributed by atoms with Crippen molar-refractivity contribution in [2.24, 2.45) is 0 Å². The van der Waals surface area contributed by atoms with Crippen LogP contribution in [-0.4, -0.2) is 36.8 Å². The molecule has 104 valence electrons. The molecule has 19 heavy (non-hydrogen) atoms. The van der Waals surface area contributed by atoms with Crippen LogP contribution in [0.3, 0.4) is 0 Å². The highest BCUT2D eigenvalue weighted by Gasteiger charge is 2.23. The van der Waals surface area contributed by atoms with E-state index in [1.54, 1.807) is 0 Å². The second-order valence-corrected chi connectivity index (χ2v) is 6.33. The summed E-state index contributed by atoms with van der Waals surface area (Å²) in [6, 6.07) is 2.90. The fourth-order valence-electron chi connectivity index (χ4n) is 2.44. The van der Waals surface area contributed by atoms with Gasteiger partial charge in [-0.1, -0.05) is 0 Å². The first-order valence-electron chi connectivity index (χ1n) is 6.97. The molecule has 5 heteroatoms. The zero-order chi connectivity index (χ0) is 13.2. The van der Waals surface area contributed by atoms with Crippen LogP contribution in [0, 0.1) is 0 Å². The first-order chi connectivity index (χ1) is 9.22. The first-order valence-corrected chi connectivity index (χ1v) is 7.76. The Morgan fingerprint density at radius 1 is 1.53 bits per heavy atom. The normalized spacial score (nSPS) is 23.7. The van der Waals surface area contributed by atoms with Gasteiger partial charge in [0.25, 0.3) is 0 Å². The third-order valence-corrected chi connectivity index (χ3v) is 4.04. The molecule has 0 radical (unpaired) electrons. The molecule has 1 aliphatic heterocycles. The minimum atomic E-state index is 0.281. The zero-order valence-corrected chi connectivity index (χ0v) is 12.8. The number of halogens is 1. The first kappa shape index (κ1) is 13.3. The quantitative estimate of drug-likeness (QED) is 0.921. The van der Waals surface area contributed by atoms with Crippen LogP contribution in [0.1, 0.15) is 25.3 Å². The Labute approximate surface area is 122 Å². The average molecular weight is 326 g/mol. The number of morpholine rings is 1. The maximum Gasteiger partial charge on any atom is 0.133 e. The molecule has 1 unspecified atom stereocenters. The van der Waals surface area contributed by atoms with E-state index in [0.29, 0.717) is 0 Å². The molecule has 1 aliphatic carbocycles. The number of hydrogen-bond donors (Lipinski definition) is 1. The summed E-state index contributed by atoms with van der Waals surface area (Å²) in [7, 11) is 0. The lowest BCUT2D eigenvalue weighted by atomic mass is 10.2. The van der Waals surface area contributed by atoms with Gasteiger partial charge in [-0.25, -0.2) is 4.98 Å². The Hall–Kier alpha value is -0.650. The van der Waals surface area contributed by atoms with E-state index in [1.807, 2.05) is 6.20 Å². The van der Waals surface area contributed by atoms with E-state index in [-0.39, 0.29) is 6.10 Å². The van der Waals surface area contributed by atoms with Crippen molar-refractivity contribution >= 4 is 21.7 Å². The highest BCUT2D eigenvalue weighted by Crippen LogP contribution is 2.25. The minimum Gasteiger partial charge on any atom is -0.375 e. The Balaban J connectivity index is 1.77. The Morgan fingerprint density at radius 2 is 2.37 bits per heavy atom. The summed E-state index contributed by atoms with van der Waals surface area (Å²) < 4.78 is 6.65. The number of rotatable bonds is 4. The van der Waals surface area contributed by atoms with Crippen molar-refractivity contribution in [1.82, 2.24) is 10.3 Å². The maximum atomic E-state index is 5.61. The summed E-state index contributed by atoms with van der Waals surface area (Å²) in [6.45, 7) is 5.65. The Morgan fingerprint density at radius 3 is 3.11 bits per heavy atom. The molecule has 0 spiro atoms. The summed E-state index contributed by atoms with van der Waals surface area (Å²) in [4.78, 5) is 6.96. The maximum absolute atomic E-state index is 5.61. The summed E-state index contributed by atoms with van der Waals surface area (Å²) >= 11 is 3.52. The van der Waals surface area contributed by atoms with Crippen LogP contribution in [0.2, 0.25) is 0 Å². The van der Waals surface area contributed by atoms with Crippen molar-refractivity contribution in [3.8, 4) is 0 Å². The third-order valence-electron chi connectivity index (χ3n) is 3.61. The number of pyridine rings is 1. The van der Waals surface area contributed by atoms with Crippen LogP contribution in [-0.2, 0) is 11.3 Å². The molecular formula is C14H20BrN3O. The highest BCUT2D eigenvalue weighted by atomic mass is 79.9. The van der Waals surface area contributed by atoms with E-state index in [1.165, 1.54) is 18.4 Å². The van der Waals surface area contributed by atoms with Gasteiger partial charge in [0.2, 0.25) is 0 Å². The van der Waals surface area contributed by atoms with Crippen LogP contribution in [0.5, 0.6) is 0 Å². The second-order valence-electron chi connectivity index (χ2n) is 5.42. The fourth-order valence-corrected chi connectivity index (χ4v) is 2.82. The smallest absolute Gasteiger partial charge is 0.133 e. The Kier molecular flexibility index (Phi) is 4.05. The standard InChI is InChI=1S/C14H20BrN3O/c1-10-9-18(4-5-19-10)14-11(6-12(15)8-17-14)7-16-13-2-3-13/h6,8,10,13,16H,2-5,7,9H2,1H3. The molecular weight excluding hydrogens is 306 g/mol. The van der Waals surface area contributed by atoms with E-state index in [2.05, 4.69) is 44.1 Å². The van der Waals surface area contributed by atoms with Crippen molar-refractivity contribution in [2.45, 2.75) is 38.5 Å². The van der Waals surface area contributed by atoms with Gasteiger partial charge < -0.3 is 15.0 Å². The SMILES string of the molecule is CC1CN(c2ncc(Br)cc2CNC2CC2)CCO1. The summed E-state index contributed by atoms with van der Waals surface area (Å²) in [5.74, 6) is 1.10. The molecule has 0 aromatic carbocycles. The van der Waals surface area contributed by atoms with Crippen LogP contribution < -0.4 is 10.2 Å². The number of nitrogens with one attached hydrogen (secondary N) is 1. The molecule has 1 atom stereocenters. The van der Waals surface area contributed by atoms with E-state index >= 15 is 0 Å². The van der Waals surface area contributed by atoms with Gasteiger partial charge in [-0.3, -0.25) is 0 Å². The van der Waals surface area contributed by atoms with E-state index in [9.17, 15) is 0 Å². The largest absolute Gasteiger partial charge is 0.375 e. The molecule has 2 heterocycles. The van der Waals surface area contributed by atoms with Crippen LogP contribution in [0.25, 0.3) is 0 Å². The third kappa shape index (κ3) is 3.46. The summed E-state index contributed by atoms with van der Waals surface area (Å²) in [5, 5.41) is 3.57. The van der Waals surface area contributed by atoms with Crippen molar-refractivity contribution in [3.63, 3.8) is 0 Å².